The number of aryl methyl sites for hydroxylation is 1. The number of ether oxygens (including phenoxy) is 1. The first-order chi connectivity index (χ1) is 16.8. The fourth-order valence-electron chi connectivity index (χ4n) is 3.99. The molecule has 0 aliphatic heterocycles. The summed E-state index contributed by atoms with van der Waals surface area (Å²) in [7, 11) is 0. The van der Waals surface area contributed by atoms with Crippen LogP contribution in [0.2, 0.25) is 10.0 Å². The minimum Gasteiger partial charge on any atom is -0.425 e. The predicted molar refractivity (Wildman–Crippen MR) is 139 cm³/mol. The number of unbranched alkanes of at least 4 members (excludes halogenated alkanes) is 2. The smallest absolute Gasteiger partial charge is 0.328 e. The fourth-order valence-corrected chi connectivity index (χ4v) is 4.28. The number of hydrogen-bond acceptors (Lipinski definition) is 5. The number of halogens is 2. The van der Waals surface area contributed by atoms with Crippen LogP contribution in [0.15, 0.2) is 53.5 Å². The van der Waals surface area contributed by atoms with Crippen molar-refractivity contribution in [2.45, 2.75) is 45.6 Å². The second-order valence-electron chi connectivity index (χ2n) is 8.42. The molecule has 7 nitrogen and oxygen atoms in total. The summed E-state index contributed by atoms with van der Waals surface area (Å²) >= 11 is 12.2. The largest absolute Gasteiger partial charge is 0.425 e. The van der Waals surface area contributed by atoms with Gasteiger partial charge < -0.3 is 10.5 Å². The zero-order valence-electron chi connectivity index (χ0n) is 19.5. The first-order valence-corrected chi connectivity index (χ1v) is 12.2. The Morgan fingerprint density at radius 3 is 2.54 bits per heavy atom. The number of hydrogen-bond donors (Lipinski definition) is 2. The van der Waals surface area contributed by atoms with Gasteiger partial charge in [-0.1, -0.05) is 61.5 Å². The van der Waals surface area contributed by atoms with Crippen LogP contribution in [-0.2, 0) is 4.79 Å². The quantitative estimate of drug-likeness (QED) is 0.177. The molecule has 0 unspecified atom stereocenters. The van der Waals surface area contributed by atoms with E-state index in [1.165, 1.54) is 16.8 Å². The van der Waals surface area contributed by atoms with Crippen LogP contribution in [0.1, 0.15) is 38.3 Å². The van der Waals surface area contributed by atoms with E-state index in [1.54, 1.807) is 24.3 Å². The molecule has 0 saturated carbocycles. The van der Waals surface area contributed by atoms with E-state index in [0.717, 1.165) is 36.1 Å². The molecule has 2 heterocycles. The second-order valence-corrected chi connectivity index (χ2v) is 9.29. The van der Waals surface area contributed by atoms with Gasteiger partial charge in [0.1, 0.15) is 11.8 Å². The molecular weight excluding hydrogens is 487 g/mol. The number of aromatic amines is 1. The number of aromatic nitrogens is 3. The van der Waals surface area contributed by atoms with Crippen molar-refractivity contribution in [3.8, 4) is 28.0 Å². The molecular formula is C26H26Cl2N4O3. The first kappa shape index (κ1) is 25.0. The molecule has 9 heteroatoms. The molecule has 0 radical (unpaired) electrons. The molecule has 0 saturated heterocycles. The minimum atomic E-state index is -0.761. The molecule has 2 aromatic carbocycles. The van der Waals surface area contributed by atoms with E-state index >= 15 is 0 Å². The topological polar surface area (TPSA) is 102 Å². The summed E-state index contributed by atoms with van der Waals surface area (Å²) in [6.07, 6.45) is 4.84. The predicted octanol–water partition coefficient (Wildman–Crippen LogP) is 5.78. The number of carbonyl (C=O) groups excluding carboxylic acids is 1. The molecule has 3 N–H and O–H groups in total. The Labute approximate surface area is 212 Å². The van der Waals surface area contributed by atoms with Gasteiger partial charge in [-0.15, -0.1) is 0 Å². The summed E-state index contributed by atoms with van der Waals surface area (Å²) in [5.74, 6) is -0.409. The van der Waals surface area contributed by atoms with Gasteiger partial charge in [0.25, 0.3) is 5.56 Å². The lowest BCUT2D eigenvalue weighted by atomic mass is 10.1. The summed E-state index contributed by atoms with van der Waals surface area (Å²) < 4.78 is 6.98. The van der Waals surface area contributed by atoms with Gasteiger partial charge in [0.05, 0.1) is 5.56 Å². The highest BCUT2D eigenvalue weighted by Gasteiger charge is 2.21. The van der Waals surface area contributed by atoms with Gasteiger partial charge >= 0.3 is 5.97 Å². The zero-order chi connectivity index (χ0) is 25.1. The van der Waals surface area contributed by atoms with E-state index in [1.807, 2.05) is 19.1 Å². The third-order valence-electron chi connectivity index (χ3n) is 5.84. The standard InChI is InChI=1S/C26H26Cl2N4O3/c1-3-4-5-6-21(29)26(34)35-22-13-18(28)11-12-19(22)20-14-30-24-23(15(2)31-32(24)25(20)33)16-7-9-17(27)10-8-16/h7-14,21,31H,3-6,29H2,1-2H3/t21-/m1/s1. The van der Waals surface area contributed by atoms with Crippen LogP contribution in [0.3, 0.4) is 0 Å². The van der Waals surface area contributed by atoms with E-state index in [9.17, 15) is 9.59 Å². The van der Waals surface area contributed by atoms with Gasteiger partial charge in [0, 0.05) is 39.1 Å². The van der Waals surface area contributed by atoms with E-state index in [-0.39, 0.29) is 16.9 Å². The lowest BCUT2D eigenvalue weighted by Gasteiger charge is -2.14. The highest BCUT2D eigenvalue weighted by atomic mass is 35.5. The van der Waals surface area contributed by atoms with E-state index in [4.69, 9.17) is 33.7 Å². The zero-order valence-corrected chi connectivity index (χ0v) is 21.0. The third kappa shape index (κ3) is 5.27. The summed E-state index contributed by atoms with van der Waals surface area (Å²) in [6, 6.07) is 11.3. The van der Waals surface area contributed by atoms with Crippen LogP contribution in [-0.4, -0.2) is 26.6 Å². The normalized spacial score (nSPS) is 12.1. The number of benzene rings is 2. The monoisotopic (exact) mass is 512 g/mol. The molecule has 182 valence electrons. The number of H-pyrrole nitrogens is 1. The third-order valence-corrected chi connectivity index (χ3v) is 6.33. The average Bonchev–Trinajstić information content (AvgIpc) is 3.17. The lowest BCUT2D eigenvalue weighted by molar-refractivity contribution is -0.136. The summed E-state index contributed by atoms with van der Waals surface area (Å²) in [4.78, 5) is 30.7. The van der Waals surface area contributed by atoms with Crippen molar-refractivity contribution in [2.24, 2.45) is 5.73 Å². The van der Waals surface area contributed by atoms with Crippen LogP contribution >= 0.6 is 23.2 Å². The molecule has 1 atom stereocenters. The molecule has 35 heavy (non-hydrogen) atoms. The molecule has 0 spiro atoms. The molecule has 4 rings (SSSR count). The van der Waals surface area contributed by atoms with E-state index in [0.29, 0.717) is 27.7 Å². The van der Waals surface area contributed by atoms with Crippen molar-refractivity contribution >= 4 is 34.8 Å². The van der Waals surface area contributed by atoms with Crippen LogP contribution < -0.4 is 16.0 Å². The molecule has 0 aliphatic carbocycles. The number of fused-ring (bicyclic) bond motifs is 1. The van der Waals surface area contributed by atoms with Crippen molar-refractivity contribution < 1.29 is 9.53 Å². The highest BCUT2D eigenvalue weighted by molar-refractivity contribution is 6.31. The van der Waals surface area contributed by atoms with Crippen molar-refractivity contribution in [1.29, 1.82) is 0 Å². The van der Waals surface area contributed by atoms with Gasteiger partial charge in [-0.25, -0.2) is 14.3 Å². The molecule has 2 aromatic heterocycles. The molecule has 4 aromatic rings. The number of rotatable bonds is 8. The SMILES string of the molecule is CCCCC[C@@H](N)C(=O)Oc1cc(Cl)ccc1-c1cnc2c(-c3ccc(Cl)cc3)c(C)[nH]n2c1=O. The van der Waals surface area contributed by atoms with Gasteiger partial charge in [-0.2, -0.15) is 0 Å². The van der Waals surface area contributed by atoms with Crippen LogP contribution in [0, 0.1) is 6.92 Å². The lowest BCUT2D eigenvalue weighted by Crippen LogP contribution is -2.34. The maximum Gasteiger partial charge on any atom is 0.328 e. The van der Waals surface area contributed by atoms with Gasteiger partial charge in [0.2, 0.25) is 0 Å². The van der Waals surface area contributed by atoms with Crippen molar-refractivity contribution in [2.75, 3.05) is 0 Å². The maximum absolute atomic E-state index is 13.5. The summed E-state index contributed by atoms with van der Waals surface area (Å²) in [6.45, 7) is 3.95. The minimum absolute atomic E-state index is 0.161. The molecule has 0 fully saturated rings. The Hall–Kier alpha value is -3.13. The number of carbonyl (C=O) groups is 1. The van der Waals surface area contributed by atoms with E-state index in [2.05, 4.69) is 17.0 Å². The average molecular weight is 513 g/mol. The first-order valence-electron chi connectivity index (χ1n) is 11.4. The number of nitrogens with one attached hydrogen (secondary N) is 1. The van der Waals surface area contributed by atoms with Gasteiger partial charge in [0.15, 0.2) is 5.65 Å². The van der Waals surface area contributed by atoms with E-state index < -0.39 is 12.0 Å². The van der Waals surface area contributed by atoms with Crippen molar-refractivity contribution in [1.82, 2.24) is 14.6 Å². The Morgan fingerprint density at radius 1 is 1.11 bits per heavy atom. The van der Waals surface area contributed by atoms with Gasteiger partial charge in [-0.3, -0.25) is 9.89 Å². The number of nitrogens with zero attached hydrogens (tertiary/aromatic N) is 2. The highest BCUT2D eigenvalue weighted by Crippen LogP contribution is 2.33. The Balaban J connectivity index is 1.73. The Bertz CT molecular complexity index is 1430. The Kier molecular flexibility index (Phi) is 7.60. The second kappa shape index (κ2) is 10.6. The van der Waals surface area contributed by atoms with Crippen LogP contribution in [0.5, 0.6) is 5.75 Å². The summed E-state index contributed by atoms with van der Waals surface area (Å²) in [5.41, 5.74) is 9.26. The maximum atomic E-state index is 13.5. The van der Waals surface area contributed by atoms with Gasteiger partial charge in [-0.05, 0) is 43.2 Å². The Morgan fingerprint density at radius 2 is 1.83 bits per heavy atom. The van der Waals surface area contributed by atoms with Crippen LogP contribution in [0.25, 0.3) is 27.9 Å². The number of nitrogens with two attached hydrogens (primary N) is 1. The van der Waals surface area contributed by atoms with Crippen LogP contribution in [0.4, 0.5) is 0 Å². The molecule has 0 bridgehead atoms. The van der Waals surface area contributed by atoms with Crippen molar-refractivity contribution in [3.05, 3.63) is 74.8 Å². The molecule has 0 amide bonds. The number of esters is 1. The summed E-state index contributed by atoms with van der Waals surface area (Å²) in [5, 5.41) is 4.08. The van der Waals surface area contributed by atoms with Crippen molar-refractivity contribution in [3.63, 3.8) is 0 Å². The molecule has 0 aliphatic rings. The fraction of sp³-hybridized carbons (Fsp3) is 0.269.